The minimum atomic E-state index is -4.31. The average molecular weight is 552 g/mol. The molecule has 1 aliphatic carbocycles. The second-order valence-electron chi connectivity index (χ2n) is 9.43. The summed E-state index contributed by atoms with van der Waals surface area (Å²) < 4.78 is 33.9. The van der Waals surface area contributed by atoms with Crippen LogP contribution in [0.5, 0.6) is 11.6 Å². The number of hydrogen-bond donors (Lipinski definition) is 3. The van der Waals surface area contributed by atoms with E-state index in [9.17, 15) is 13.2 Å². The molecule has 206 valence electrons. The Morgan fingerprint density at radius 2 is 1.72 bits per heavy atom. The smallest absolute Gasteiger partial charge is 0.281 e. The summed E-state index contributed by atoms with van der Waals surface area (Å²) in [6, 6.07) is 11.4. The SMILES string of the molecule is Cc1cc(C)c(Oc2nc(-c3cnc(NC4CC4)nc3)ccc2C(=O)NS(=O)(=O)c2cccc(N)n2)c(C)c1.[HH].[HH].[HH]. The average Bonchev–Trinajstić information content (AvgIpc) is 3.70. The molecule has 0 aliphatic heterocycles. The van der Waals surface area contributed by atoms with Gasteiger partial charge in [-0.15, -0.1) is 0 Å². The van der Waals surface area contributed by atoms with Crippen LogP contribution in [0.25, 0.3) is 11.3 Å². The highest BCUT2D eigenvalue weighted by Gasteiger charge is 2.25. The summed E-state index contributed by atoms with van der Waals surface area (Å²) in [4.78, 5) is 30.3. The number of aromatic nitrogens is 4. The highest BCUT2D eigenvalue weighted by atomic mass is 32.2. The summed E-state index contributed by atoms with van der Waals surface area (Å²) >= 11 is 0. The van der Waals surface area contributed by atoms with Crippen LogP contribution >= 0.6 is 0 Å². The van der Waals surface area contributed by atoms with Gasteiger partial charge in [-0.1, -0.05) is 23.8 Å². The van der Waals surface area contributed by atoms with E-state index in [1.807, 2.05) is 37.6 Å². The van der Waals surface area contributed by atoms with E-state index in [-0.39, 0.29) is 26.6 Å². The molecular weight excluding hydrogens is 518 g/mol. The molecule has 1 amide bonds. The first-order valence-corrected chi connectivity index (χ1v) is 13.7. The van der Waals surface area contributed by atoms with Gasteiger partial charge in [-0.3, -0.25) is 4.79 Å². The summed E-state index contributed by atoms with van der Waals surface area (Å²) in [6.45, 7) is 5.74. The Kier molecular flexibility index (Phi) is 6.87. The van der Waals surface area contributed by atoms with Gasteiger partial charge in [-0.2, -0.15) is 8.42 Å². The van der Waals surface area contributed by atoms with E-state index in [4.69, 9.17) is 10.5 Å². The van der Waals surface area contributed by atoms with E-state index >= 15 is 0 Å². The van der Waals surface area contributed by atoms with Gasteiger partial charge >= 0.3 is 0 Å². The molecule has 1 saturated carbocycles. The fourth-order valence-corrected chi connectivity index (χ4v) is 4.97. The van der Waals surface area contributed by atoms with Gasteiger partial charge in [0.1, 0.15) is 17.1 Å². The van der Waals surface area contributed by atoms with E-state index in [0.717, 1.165) is 29.5 Å². The Labute approximate surface area is 230 Å². The molecule has 0 unspecified atom stereocenters. The standard InChI is InChI=1S/C27H27N7O4S.3H2/c1-15-11-16(2)24(17(3)12-15)38-26-20(25(35)34-39(36,37)23-6-4-5-22(28)33-23)9-10-21(32-26)18-13-29-27(30-14-18)31-19-7-8-19;;;/h4-6,9-14,19H,7-8H2,1-3H3,(H2,28,33)(H,34,35)(H,29,30,31);3*1H. The zero-order chi connectivity index (χ0) is 27.7. The van der Waals surface area contributed by atoms with Crippen LogP contribution in [-0.2, 0) is 10.0 Å². The van der Waals surface area contributed by atoms with Gasteiger partial charge in [-0.25, -0.2) is 24.7 Å². The lowest BCUT2D eigenvalue weighted by molar-refractivity contribution is 0.0978. The Morgan fingerprint density at radius 3 is 2.36 bits per heavy atom. The fourth-order valence-electron chi connectivity index (χ4n) is 4.03. The number of rotatable bonds is 8. The molecule has 5 rings (SSSR count). The van der Waals surface area contributed by atoms with Crippen molar-refractivity contribution in [3.63, 3.8) is 0 Å². The molecule has 4 aromatic rings. The molecule has 1 fully saturated rings. The second-order valence-corrected chi connectivity index (χ2v) is 11.1. The van der Waals surface area contributed by atoms with Crippen LogP contribution < -0.4 is 20.5 Å². The van der Waals surface area contributed by atoms with E-state index in [0.29, 0.717) is 29.0 Å². The summed E-state index contributed by atoms with van der Waals surface area (Å²) in [5.41, 5.74) is 9.30. The molecule has 12 heteroatoms. The number of aryl methyl sites for hydroxylation is 3. The van der Waals surface area contributed by atoms with E-state index < -0.39 is 15.9 Å². The highest BCUT2D eigenvalue weighted by Crippen LogP contribution is 2.32. The fraction of sp³-hybridized carbons (Fsp3) is 0.222. The lowest BCUT2D eigenvalue weighted by Gasteiger charge is -2.16. The molecule has 4 N–H and O–H groups in total. The van der Waals surface area contributed by atoms with Crippen LogP contribution in [0.15, 0.2) is 59.9 Å². The number of carbonyl (C=O) groups is 1. The maximum Gasteiger partial charge on any atom is 0.281 e. The molecule has 0 spiro atoms. The molecule has 3 aromatic heterocycles. The van der Waals surface area contributed by atoms with Gasteiger partial charge in [0.2, 0.25) is 11.8 Å². The molecule has 0 atom stereocenters. The van der Waals surface area contributed by atoms with Crippen LogP contribution in [-0.4, -0.2) is 40.3 Å². The zero-order valence-electron chi connectivity index (χ0n) is 21.6. The second kappa shape index (κ2) is 10.3. The Morgan fingerprint density at radius 1 is 1.03 bits per heavy atom. The normalized spacial score (nSPS) is 13.1. The summed E-state index contributed by atoms with van der Waals surface area (Å²) in [5.74, 6) is 0.0398. The monoisotopic (exact) mass is 551 g/mol. The van der Waals surface area contributed by atoms with Crippen molar-refractivity contribution in [2.75, 3.05) is 11.1 Å². The van der Waals surface area contributed by atoms with E-state index in [2.05, 4.69) is 25.3 Å². The topological polar surface area (TPSA) is 162 Å². The molecule has 3 heterocycles. The maximum atomic E-state index is 13.3. The predicted molar refractivity (Wildman–Crippen MR) is 152 cm³/mol. The number of amides is 1. The third-order valence-electron chi connectivity index (χ3n) is 6.01. The first-order chi connectivity index (χ1) is 18.6. The number of pyridine rings is 2. The Balaban J connectivity index is 0.00000205. The van der Waals surface area contributed by atoms with E-state index in [1.165, 1.54) is 24.3 Å². The summed E-state index contributed by atoms with van der Waals surface area (Å²) in [7, 11) is -4.31. The largest absolute Gasteiger partial charge is 0.438 e. The Hall–Kier alpha value is -4.58. The maximum absolute atomic E-state index is 13.3. The first-order valence-electron chi connectivity index (χ1n) is 12.2. The quantitative estimate of drug-likeness (QED) is 0.281. The van der Waals surface area contributed by atoms with Gasteiger partial charge in [0, 0.05) is 28.3 Å². The summed E-state index contributed by atoms with van der Waals surface area (Å²) in [6.07, 6.45) is 5.44. The number of anilines is 2. The van der Waals surface area contributed by atoms with Crippen LogP contribution in [0.4, 0.5) is 11.8 Å². The molecule has 1 aromatic carbocycles. The number of benzene rings is 1. The predicted octanol–water partition coefficient (Wildman–Crippen LogP) is 4.66. The van der Waals surface area contributed by atoms with Crippen LogP contribution in [0.3, 0.4) is 0 Å². The minimum Gasteiger partial charge on any atom is -0.438 e. The zero-order valence-corrected chi connectivity index (χ0v) is 22.4. The molecular formula is C27H33N7O4S. The number of ether oxygens (including phenoxy) is 1. The van der Waals surface area contributed by atoms with Gasteiger partial charge in [-0.05, 0) is 69.0 Å². The molecule has 0 saturated heterocycles. The minimum absolute atomic E-state index is 0. The van der Waals surface area contributed by atoms with Crippen molar-refractivity contribution in [3.05, 3.63) is 77.1 Å². The van der Waals surface area contributed by atoms with Crippen molar-refractivity contribution in [1.82, 2.24) is 24.7 Å². The molecule has 0 radical (unpaired) electrons. The number of nitrogens with one attached hydrogen (secondary N) is 2. The number of nitrogens with zero attached hydrogens (tertiary/aromatic N) is 4. The Bertz CT molecular complexity index is 1660. The number of nitrogens with two attached hydrogens (primary N) is 1. The van der Waals surface area contributed by atoms with Crippen molar-refractivity contribution in [2.24, 2.45) is 0 Å². The van der Waals surface area contributed by atoms with Gasteiger partial charge in [0.05, 0.1) is 5.69 Å². The third kappa shape index (κ3) is 5.96. The van der Waals surface area contributed by atoms with Crippen molar-refractivity contribution < 1.29 is 22.2 Å². The van der Waals surface area contributed by atoms with Crippen LogP contribution in [0.2, 0.25) is 0 Å². The van der Waals surface area contributed by atoms with Crippen LogP contribution in [0.1, 0.15) is 44.2 Å². The van der Waals surface area contributed by atoms with Gasteiger partial charge in [0.15, 0.2) is 5.03 Å². The number of sulfonamides is 1. The van der Waals surface area contributed by atoms with Gasteiger partial charge < -0.3 is 15.8 Å². The first kappa shape index (κ1) is 26.0. The van der Waals surface area contributed by atoms with Crippen LogP contribution in [0, 0.1) is 20.8 Å². The molecule has 0 bridgehead atoms. The highest BCUT2D eigenvalue weighted by molar-refractivity contribution is 7.90. The number of hydrogen-bond acceptors (Lipinski definition) is 10. The number of carbonyl (C=O) groups excluding carboxylic acids is 1. The molecule has 39 heavy (non-hydrogen) atoms. The third-order valence-corrected chi connectivity index (χ3v) is 7.25. The van der Waals surface area contributed by atoms with Gasteiger partial charge in [0.25, 0.3) is 15.9 Å². The van der Waals surface area contributed by atoms with Crippen molar-refractivity contribution in [1.29, 1.82) is 0 Å². The van der Waals surface area contributed by atoms with E-state index in [1.54, 1.807) is 18.5 Å². The lowest BCUT2D eigenvalue weighted by atomic mass is 10.1. The molecule has 1 aliphatic rings. The molecule has 11 nitrogen and oxygen atoms in total. The van der Waals surface area contributed by atoms with Crippen molar-refractivity contribution in [2.45, 2.75) is 44.7 Å². The lowest BCUT2D eigenvalue weighted by Crippen LogP contribution is -2.31. The summed E-state index contributed by atoms with van der Waals surface area (Å²) in [5, 5.41) is 2.84. The number of nitrogen functional groups attached to an aromatic ring is 1. The van der Waals surface area contributed by atoms with Crippen molar-refractivity contribution in [3.8, 4) is 22.9 Å². The van der Waals surface area contributed by atoms with Crippen molar-refractivity contribution >= 4 is 27.7 Å².